The SMILES string of the molecule is Cn1nc(-c2cccnc2)c2c1NCCCC2. The summed E-state index contributed by atoms with van der Waals surface area (Å²) in [4.78, 5) is 4.17. The van der Waals surface area contributed by atoms with E-state index in [0.717, 1.165) is 24.2 Å². The Morgan fingerprint density at radius 3 is 3.12 bits per heavy atom. The van der Waals surface area contributed by atoms with E-state index in [1.54, 1.807) is 6.20 Å². The molecule has 2 aromatic rings. The molecule has 0 saturated heterocycles. The zero-order valence-electron chi connectivity index (χ0n) is 9.98. The molecule has 0 aromatic carbocycles. The van der Waals surface area contributed by atoms with E-state index in [1.165, 1.54) is 24.2 Å². The van der Waals surface area contributed by atoms with Gasteiger partial charge in [-0.1, -0.05) is 0 Å². The van der Waals surface area contributed by atoms with Crippen LogP contribution in [0, 0.1) is 0 Å². The highest BCUT2D eigenvalue weighted by Gasteiger charge is 2.18. The van der Waals surface area contributed by atoms with Crippen molar-refractivity contribution in [2.45, 2.75) is 19.3 Å². The Labute approximate surface area is 101 Å². The van der Waals surface area contributed by atoms with Crippen molar-refractivity contribution in [2.75, 3.05) is 11.9 Å². The summed E-state index contributed by atoms with van der Waals surface area (Å²) in [6.45, 7) is 1.04. The van der Waals surface area contributed by atoms with Gasteiger partial charge >= 0.3 is 0 Å². The van der Waals surface area contributed by atoms with Crippen LogP contribution in [0.4, 0.5) is 5.82 Å². The predicted molar refractivity (Wildman–Crippen MR) is 67.9 cm³/mol. The minimum atomic E-state index is 1.04. The van der Waals surface area contributed by atoms with Gasteiger partial charge in [-0.05, 0) is 31.4 Å². The molecule has 0 aliphatic carbocycles. The summed E-state index contributed by atoms with van der Waals surface area (Å²) in [7, 11) is 2.00. The van der Waals surface area contributed by atoms with Crippen LogP contribution in [0.3, 0.4) is 0 Å². The second-order valence-corrected chi connectivity index (χ2v) is 4.42. The van der Waals surface area contributed by atoms with Crippen molar-refractivity contribution in [2.24, 2.45) is 7.05 Å². The number of anilines is 1. The average molecular weight is 228 g/mol. The summed E-state index contributed by atoms with van der Waals surface area (Å²) in [5.74, 6) is 1.17. The van der Waals surface area contributed by atoms with Crippen molar-refractivity contribution >= 4 is 5.82 Å². The number of pyridine rings is 1. The van der Waals surface area contributed by atoms with E-state index >= 15 is 0 Å². The molecule has 0 atom stereocenters. The number of hydrogen-bond acceptors (Lipinski definition) is 3. The van der Waals surface area contributed by atoms with E-state index in [2.05, 4.69) is 21.5 Å². The van der Waals surface area contributed by atoms with Crippen molar-refractivity contribution < 1.29 is 0 Å². The molecule has 1 aliphatic rings. The van der Waals surface area contributed by atoms with Crippen molar-refractivity contribution in [3.05, 3.63) is 30.1 Å². The van der Waals surface area contributed by atoms with Crippen LogP contribution in [-0.2, 0) is 13.5 Å². The van der Waals surface area contributed by atoms with Crippen LogP contribution >= 0.6 is 0 Å². The van der Waals surface area contributed by atoms with E-state index in [1.807, 2.05) is 24.0 Å². The lowest BCUT2D eigenvalue weighted by molar-refractivity contribution is 0.757. The van der Waals surface area contributed by atoms with Gasteiger partial charge in [-0.25, -0.2) is 0 Å². The molecule has 0 bridgehead atoms. The van der Waals surface area contributed by atoms with E-state index in [4.69, 9.17) is 0 Å². The molecule has 0 spiro atoms. The maximum Gasteiger partial charge on any atom is 0.127 e. The second kappa shape index (κ2) is 4.20. The van der Waals surface area contributed by atoms with E-state index in [-0.39, 0.29) is 0 Å². The molecule has 3 rings (SSSR count). The van der Waals surface area contributed by atoms with Gasteiger partial charge in [0.25, 0.3) is 0 Å². The Bertz CT molecular complexity index is 516. The molecule has 4 heteroatoms. The highest BCUT2D eigenvalue weighted by molar-refractivity contribution is 5.69. The first-order chi connectivity index (χ1) is 8.36. The standard InChI is InChI=1S/C13H16N4/c1-17-13-11(6-2-3-8-15-13)12(16-17)10-5-4-7-14-9-10/h4-5,7,9,15H,2-3,6,8H2,1H3. The molecule has 2 aromatic heterocycles. The normalized spacial score (nSPS) is 14.9. The van der Waals surface area contributed by atoms with Gasteiger partial charge in [0.15, 0.2) is 0 Å². The number of aryl methyl sites for hydroxylation is 1. The Hall–Kier alpha value is -1.84. The van der Waals surface area contributed by atoms with Gasteiger partial charge in [0, 0.05) is 37.1 Å². The third kappa shape index (κ3) is 1.79. The van der Waals surface area contributed by atoms with E-state index in [0.29, 0.717) is 0 Å². The lowest BCUT2D eigenvalue weighted by atomic mass is 10.1. The number of hydrogen-bond donors (Lipinski definition) is 1. The monoisotopic (exact) mass is 228 g/mol. The van der Waals surface area contributed by atoms with Crippen molar-refractivity contribution in [1.82, 2.24) is 14.8 Å². The highest BCUT2D eigenvalue weighted by atomic mass is 15.3. The predicted octanol–water partition coefficient (Wildman–Crippen LogP) is 2.23. The van der Waals surface area contributed by atoms with Gasteiger partial charge in [-0.3, -0.25) is 9.67 Å². The van der Waals surface area contributed by atoms with Gasteiger partial charge < -0.3 is 5.32 Å². The van der Waals surface area contributed by atoms with Crippen molar-refractivity contribution in [1.29, 1.82) is 0 Å². The Balaban J connectivity index is 2.12. The summed E-state index contributed by atoms with van der Waals surface area (Å²) in [6.07, 6.45) is 7.22. The third-order valence-corrected chi connectivity index (χ3v) is 3.23. The second-order valence-electron chi connectivity index (χ2n) is 4.42. The first-order valence-corrected chi connectivity index (χ1v) is 6.06. The minimum absolute atomic E-state index is 1.04. The van der Waals surface area contributed by atoms with Crippen LogP contribution < -0.4 is 5.32 Å². The molecule has 0 fully saturated rings. The summed E-state index contributed by atoms with van der Waals surface area (Å²) in [6, 6.07) is 4.03. The minimum Gasteiger partial charge on any atom is -0.370 e. The third-order valence-electron chi connectivity index (χ3n) is 3.23. The van der Waals surface area contributed by atoms with Crippen molar-refractivity contribution in [3.8, 4) is 11.3 Å². The maximum atomic E-state index is 4.62. The molecule has 3 heterocycles. The zero-order chi connectivity index (χ0) is 11.7. The lowest BCUT2D eigenvalue weighted by Gasteiger charge is -2.03. The summed E-state index contributed by atoms with van der Waals surface area (Å²) in [5, 5.41) is 8.08. The fraction of sp³-hybridized carbons (Fsp3) is 0.385. The molecule has 0 saturated carbocycles. The molecule has 0 amide bonds. The maximum absolute atomic E-state index is 4.62. The van der Waals surface area contributed by atoms with Gasteiger partial charge in [0.2, 0.25) is 0 Å². The van der Waals surface area contributed by atoms with Crippen LogP contribution in [0.15, 0.2) is 24.5 Å². The first kappa shape index (κ1) is 10.3. The number of nitrogens with one attached hydrogen (secondary N) is 1. The number of rotatable bonds is 1. The molecule has 0 radical (unpaired) electrons. The smallest absolute Gasteiger partial charge is 0.127 e. The molecule has 1 N–H and O–H groups in total. The molecule has 1 aliphatic heterocycles. The van der Waals surface area contributed by atoms with E-state index < -0.39 is 0 Å². The fourth-order valence-corrected chi connectivity index (χ4v) is 2.39. The molecule has 0 unspecified atom stereocenters. The van der Waals surface area contributed by atoms with Crippen LogP contribution in [0.2, 0.25) is 0 Å². The number of aromatic nitrogens is 3. The largest absolute Gasteiger partial charge is 0.370 e. The lowest BCUT2D eigenvalue weighted by Crippen LogP contribution is -2.04. The summed E-state index contributed by atoms with van der Waals surface area (Å²) in [5.41, 5.74) is 3.51. The molecular weight excluding hydrogens is 212 g/mol. The summed E-state index contributed by atoms with van der Waals surface area (Å²) >= 11 is 0. The van der Waals surface area contributed by atoms with Crippen LogP contribution in [0.1, 0.15) is 18.4 Å². The highest BCUT2D eigenvalue weighted by Crippen LogP contribution is 2.30. The number of fused-ring (bicyclic) bond motifs is 1. The van der Waals surface area contributed by atoms with Gasteiger partial charge in [-0.15, -0.1) is 0 Å². The van der Waals surface area contributed by atoms with Crippen LogP contribution in [-0.4, -0.2) is 21.3 Å². The quantitative estimate of drug-likeness (QED) is 0.814. The molecule has 17 heavy (non-hydrogen) atoms. The first-order valence-electron chi connectivity index (χ1n) is 6.06. The molecule has 4 nitrogen and oxygen atoms in total. The van der Waals surface area contributed by atoms with Crippen LogP contribution in [0.5, 0.6) is 0 Å². The van der Waals surface area contributed by atoms with Crippen LogP contribution in [0.25, 0.3) is 11.3 Å². The molecular formula is C13H16N4. The van der Waals surface area contributed by atoms with Gasteiger partial charge in [0.05, 0.1) is 5.69 Å². The topological polar surface area (TPSA) is 42.7 Å². The Morgan fingerprint density at radius 1 is 1.35 bits per heavy atom. The van der Waals surface area contributed by atoms with E-state index in [9.17, 15) is 0 Å². The van der Waals surface area contributed by atoms with Gasteiger partial charge in [-0.2, -0.15) is 5.10 Å². The Kier molecular flexibility index (Phi) is 2.55. The molecule has 88 valence electrons. The van der Waals surface area contributed by atoms with Gasteiger partial charge in [0.1, 0.15) is 5.82 Å². The summed E-state index contributed by atoms with van der Waals surface area (Å²) < 4.78 is 1.95. The average Bonchev–Trinajstić information content (AvgIpc) is 2.57. The zero-order valence-corrected chi connectivity index (χ0v) is 9.98. The van der Waals surface area contributed by atoms with Crippen molar-refractivity contribution in [3.63, 3.8) is 0 Å². The fourth-order valence-electron chi connectivity index (χ4n) is 2.39. The number of nitrogens with zero attached hydrogens (tertiary/aromatic N) is 3. The Morgan fingerprint density at radius 2 is 2.29 bits per heavy atom.